The van der Waals surface area contributed by atoms with Crippen LogP contribution in [0.15, 0.2) is 53.4 Å². The molecule has 3 fully saturated rings. The molecule has 2 bridgehead atoms. The topological polar surface area (TPSA) is 95.9 Å². The fourth-order valence-electron chi connectivity index (χ4n) is 4.57. The number of hydrogen-bond donors (Lipinski definition) is 2. The molecule has 154 valence electrons. The second kappa shape index (κ2) is 7.78. The molecule has 3 aliphatic rings. The van der Waals surface area contributed by atoms with E-state index in [1.165, 1.54) is 4.31 Å². The summed E-state index contributed by atoms with van der Waals surface area (Å²) in [5, 5.41) is 9.14. The molecule has 2 aliphatic heterocycles. The van der Waals surface area contributed by atoms with E-state index in [9.17, 15) is 13.2 Å². The third-order valence-electron chi connectivity index (χ3n) is 6.05. The lowest BCUT2D eigenvalue weighted by Crippen LogP contribution is -2.62. The van der Waals surface area contributed by atoms with Crippen molar-refractivity contribution in [3.8, 4) is 16.9 Å². The smallest absolute Gasteiger partial charge is 0.262 e. The number of nitrogens with one attached hydrogen (secondary N) is 1. The quantitative estimate of drug-likeness (QED) is 0.577. The molecule has 1 atom stereocenters. The van der Waals surface area contributed by atoms with Crippen LogP contribution in [-0.4, -0.2) is 43.0 Å². The number of sulfonamides is 1. The number of benzene rings is 2. The number of nitrogens with zero attached hydrogens (tertiary/aromatic N) is 1. The summed E-state index contributed by atoms with van der Waals surface area (Å²) in [7, 11) is -2.26. The second-order valence-electron chi connectivity index (χ2n) is 7.58. The predicted octanol–water partition coefficient (Wildman–Crippen LogP) is 2.80. The van der Waals surface area contributed by atoms with E-state index in [2.05, 4.69) is 0 Å². The number of piperidine rings is 2. The molecule has 2 N–H and O–H groups in total. The molecular weight excluding hydrogens is 392 g/mol. The van der Waals surface area contributed by atoms with E-state index in [1.807, 2.05) is 24.3 Å². The van der Waals surface area contributed by atoms with Gasteiger partial charge in [0.1, 0.15) is 11.8 Å². The minimum absolute atomic E-state index is 0.0690. The fraction of sp³-hybridized carbons (Fsp3) is 0.381. The Morgan fingerprint density at radius 1 is 1.00 bits per heavy atom. The lowest BCUT2D eigenvalue weighted by Gasteiger charge is -2.49. The van der Waals surface area contributed by atoms with Gasteiger partial charge in [-0.2, -0.15) is 4.31 Å². The molecule has 0 radical (unpaired) electrons. The number of carbonyl (C=O) groups excluding carboxylic acids is 1. The Morgan fingerprint density at radius 2 is 1.55 bits per heavy atom. The van der Waals surface area contributed by atoms with E-state index < -0.39 is 22.0 Å². The van der Waals surface area contributed by atoms with Gasteiger partial charge in [-0.3, -0.25) is 10.0 Å². The summed E-state index contributed by atoms with van der Waals surface area (Å²) in [4.78, 5) is 12.4. The van der Waals surface area contributed by atoms with E-state index in [0.29, 0.717) is 0 Å². The highest BCUT2D eigenvalue weighted by Gasteiger charge is 2.50. The van der Waals surface area contributed by atoms with Gasteiger partial charge >= 0.3 is 0 Å². The average Bonchev–Trinajstić information content (AvgIpc) is 2.78. The molecular formula is C21H24N2O5S. The summed E-state index contributed by atoms with van der Waals surface area (Å²) < 4.78 is 33.3. The van der Waals surface area contributed by atoms with Gasteiger partial charge in [0.25, 0.3) is 5.91 Å². The van der Waals surface area contributed by atoms with Crippen LogP contribution in [0, 0.1) is 5.92 Å². The van der Waals surface area contributed by atoms with Crippen LogP contribution in [0.25, 0.3) is 11.1 Å². The first kappa shape index (κ1) is 19.9. The zero-order chi connectivity index (χ0) is 20.6. The molecule has 29 heavy (non-hydrogen) atoms. The van der Waals surface area contributed by atoms with E-state index in [0.717, 1.165) is 42.6 Å². The molecule has 2 heterocycles. The molecule has 1 saturated carbocycles. The Kier molecular flexibility index (Phi) is 5.33. The van der Waals surface area contributed by atoms with Crippen LogP contribution < -0.4 is 10.2 Å². The molecule has 0 spiro atoms. The number of fused-ring (bicyclic) bond motifs is 3. The fourth-order valence-corrected chi connectivity index (χ4v) is 6.47. The highest BCUT2D eigenvalue weighted by Crippen LogP contribution is 2.42. The SMILES string of the molecule is COc1ccc(-c2ccc(S(=O)(=O)N3C4CCC(CC4)C3C(=O)NO)cc2)cc1. The zero-order valence-electron chi connectivity index (χ0n) is 16.1. The highest BCUT2D eigenvalue weighted by atomic mass is 32.2. The maximum absolute atomic E-state index is 13.4. The maximum Gasteiger partial charge on any atom is 0.262 e. The lowest BCUT2D eigenvalue weighted by molar-refractivity contribution is -0.139. The Hall–Kier alpha value is -2.42. The third kappa shape index (κ3) is 3.52. The Bertz CT molecular complexity index is 981. The summed E-state index contributed by atoms with van der Waals surface area (Å²) >= 11 is 0. The number of amides is 1. The first-order chi connectivity index (χ1) is 14.0. The number of rotatable bonds is 5. The van der Waals surface area contributed by atoms with Crippen LogP contribution in [0.3, 0.4) is 0 Å². The van der Waals surface area contributed by atoms with Crippen molar-refractivity contribution in [1.82, 2.24) is 9.79 Å². The van der Waals surface area contributed by atoms with Gasteiger partial charge in [-0.1, -0.05) is 24.3 Å². The Labute approximate surface area is 170 Å². The molecule has 2 saturated heterocycles. The third-order valence-corrected chi connectivity index (χ3v) is 8.00. The molecule has 5 rings (SSSR count). The van der Waals surface area contributed by atoms with Crippen molar-refractivity contribution >= 4 is 15.9 Å². The first-order valence-corrected chi connectivity index (χ1v) is 11.1. The monoisotopic (exact) mass is 416 g/mol. The number of carbonyl (C=O) groups is 1. The summed E-state index contributed by atoms with van der Waals surface area (Å²) in [5.41, 5.74) is 3.49. The predicted molar refractivity (Wildman–Crippen MR) is 107 cm³/mol. The van der Waals surface area contributed by atoms with Gasteiger partial charge in [-0.25, -0.2) is 13.9 Å². The van der Waals surface area contributed by atoms with Crippen molar-refractivity contribution in [2.24, 2.45) is 5.92 Å². The highest BCUT2D eigenvalue weighted by molar-refractivity contribution is 7.89. The van der Waals surface area contributed by atoms with Crippen molar-refractivity contribution in [3.05, 3.63) is 48.5 Å². The Balaban J connectivity index is 1.65. The molecule has 0 aromatic heterocycles. The van der Waals surface area contributed by atoms with Crippen molar-refractivity contribution in [3.63, 3.8) is 0 Å². The standard InChI is InChI=1S/C21H24N2O5S/c1-28-18-10-4-14(5-11-18)15-6-12-19(13-7-15)29(26,27)23-17-8-2-16(3-9-17)20(23)21(24)22-25/h4-7,10-13,16-17,20,25H,2-3,8-9H2,1H3,(H,22,24). The minimum Gasteiger partial charge on any atom is -0.497 e. The summed E-state index contributed by atoms with van der Waals surface area (Å²) in [6.07, 6.45) is 3.07. The van der Waals surface area contributed by atoms with Gasteiger partial charge in [-0.05, 0) is 67.0 Å². The Morgan fingerprint density at radius 3 is 2.07 bits per heavy atom. The number of methoxy groups -OCH3 is 1. The van der Waals surface area contributed by atoms with Crippen molar-refractivity contribution in [2.75, 3.05) is 7.11 Å². The van der Waals surface area contributed by atoms with E-state index in [4.69, 9.17) is 9.94 Å². The second-order valence-corrected chi connectivity index (χ2v) is 9.42. The van der Waals surface area contributed by atoms with E-state index in [-0.39, 0.29) is 16.9 Å². The molecule has 8 heteroatoms. The number of hydroxylamine groups is 1. The van der Waals surface area contributed by atoms with Gasteiger partial charge in [0.05, 0.1) is 12.0 Å². The maximum atomic E-state index is 13.4. The lowest BCUT2D eigenvalue weighted by atomic mass is 9.76. The largest absolute Gasteiger partial charge is 0.497 e. The van der Waals surface area contributed by atoms with Crippen LogP contribution in [0.2, 0.25) is 0 Å². The zero-order valence-corrected chi connectivity index (χ0v) is 16.9. The van der Waals surface area contributed by atoms with Crippen molar-refractivity contribution in [2.45, 2.75) is 42.7 Å². The van der Waals surface area contributed by atoms with E-state index in [1.54, 1.807) is 36.9 Å². The molecule has 2 aromatic carbocycles. The summed E-state index contributed by atoms with van der Waals surface area (Å²) in [6, 6.07) is 13.1. The van der Waals surface area contributed by atoms with Gasteiger partial charge in [0.15, 0.2) is 0 Å². The van der Waals surface area contributed by atoms with Crippen molar-refractivity contribution < 1.29 is 23.2 Å². The van der Waals surface area contributed by atoms with Gasteiger partial charge < -0.3 is 4.74 Å². The van der Waals surface area contributed by atoms with Gasteiger partial charge in [0, 0.05) is 6.04 Å². The van der Waals surface area contributed by atoms with Crippen LogP contribution >= 0.6 is 0 Å². The molecule has 1 amide bonds. The van der Waals surface area contributed by atoms with Gasteiger partial charge in [0.2, 0.25) is 10.0 Å². The van der Waals surface area contributed by atoms with Crippen LogP contribution in [0.1, 0.15) is 25.7 Å². The van der Waals surface area contributed by atoms with Crippen LogP contribution in [0.5, 0.6) is 5.75 Å². The number of ether oxygens (including phenoxy) is 1. The molecule has 2 aromatic rings. The number of hydrogen-bond acceptors (Lipinski definition) is 5. The molecule has 1 unspecified atom stereocenters. The van der Waals surface area contributed by atoms with Crippen LogP contribution in [0.4, 0.5) is 0 Å². The first-order valence-electron chi connectivity index (χ1n) is 9.67. The molecule has 1 aliphatic carbocycles. The minimum atomic E-state index is -3.87. The van der Waals surface area contributed by atoms with E-state index >= 15 is 0 Å². The van der Waals surface area contributed by atoms with Crippen LogP contribution in [-0.2, 0) is 14.8 Å². The molecule has 7 nitrogen and oxygen atoms in total. The normalized spacial score (nSPS) is 24.3. The summed E-state index contributed by atoms with van der Waals surface area (Å²) in [5.74, 6) is 0.0274. The van der Waals surface area contributed by atoms with Crippen molar-refractivity contribution in [1.29, 1.82) is 0 Å². The van der Waals surface area contributed by atoms with Gasteiger partial charge in [-0.15, -0.1) is 0 Å². The summed E-state index contributed by atoms with van der Waals surface area (Å²) in [6.45, 7) is 0. The average molecular weight is 416 g/mol.